The van der Waals surface area contributed by atoms with Gasteiger partial charge in [-0.2, -0.15) is 10.2 Å². The maximum atomic E-state index is 10.6. The van der Waals surface area contributed by atoms with Crippen molar-refractivity contribution in [3.8, 4) is 0 Å². The lowest BCUT2D eigenvalue weighted by Crippen LogP contribution is -2.23. The van der Waals surface area contributed by atoms with E-state index in [1.54, 1.807) is 12.1 Å². The predicted octanol–water partition coefficient (Wildman–Crippen LogP) is 4.58. The number of nitrogens with one attached hydrogen (secondary N) is 1. The Morgan fingerprint density at radius 3 is 2.08 bits per heavy atom. The minimum Gasteiger partial charge on any atom is -0.394 e. The van der Waals surface area contributed by atoms with Gasteiger partial charge in [0, 0.05) is 23.9 Å². The number of nitro benzene ring substituents is 1. The van der Waals surface area contributed by atoms with Crippen LogP contribution in [0.2, 0.25) is 0 Å². The van der Waals surface area contributed by atoms with E-state index in [1.165, 1.54) is 12.1 Å². The molecule has 0 saturated carbocycles. The normalized spacial score (nSPS) is 12.2. The van der Waals surface area contributed by atoms with Gasteiger partial charge in [-0.25, -0.2) is 0 Å². The molecule has 7 nitrogen and oxygen atoms in total. The average molecular weight is 328 g/mol. The fourth-order valence-corrected chi connectivity index (χ4v) is 2.17. The second-order valence-electron chi connectivity index (χ2n) is 5.33. The van der Waals surface area contributed by atoms with Gasteiger partial charge in [0.25, 0.3) is 5.69 Å². The van der Waals surface area contributed by atoms with Crippen molar-refractivity contribution in [2.45, 2.75) is 25.8 Å². The zero-order chi connectivity index (χ0) is 17.4. The highest BCUT2D eigenvalue weighted by atomic mass is 16.6. The molecule has 1 unspecified atom stereocenters. The summed E-state index contributed by atoms with van der Waals surface area (Å²) in [5, 5.41) is 31.3. The van der Waals surface area contributed by atoms with Crippen molar-refractivity contribution < 1.29 is 10.0 Å². The zero-order valence-corrected chi connectivity index (χ0v) is 13.4. The first-order chi connectivity index (χ1) is 11.6. The molecule has 2 aromatic rings. The summed E-state index contributed by atoms with van der Waals surface area (Å²) in [5.74, 6) is 0. The van der Waals surface area contributed by atoms with Crippen LogP contribution in [0.4, 0.5) is 22.7 Å². The summed E-state index contributed by atoms with van der Waals surface area (Å²) in [4.78, 5) is 10.1. The molecule has 0 bridgehead atoms. The van der Waals surface area contributed by atoms with E-state index in [1.807, 2.05) is 24.3 Å². The highest BCUT2D eigenvalue weighted by Crippen LogP contribution is 2.22. The highest BCUT2D eigenvalue weighted by molar-refractivity contribution is 5.51. The van der Waals surface area contributed by atoms with Crippen LogP contribution in [0, 0.1) is 10.1 Å². The molecule has 0 saturated heterocycles. The molecular formula is C17H20N4O3. The minimum atomic E-state index is -0.454. The number of hydrogen-bond acceptors (Lipinski definition) is 6. The number of benzene rings is 2. The van der Waals surface area contributed by atoms with Crippen LogP contribution in [0.3, 0.4) is 0 Å². The molecule has 126 valence electrons. The number of aliphatic hydroxyl groups is 1. The van der Waals surface area contributed by atoms with Gasteiger partial charge in [-0.3, -0.25) is 10.1 Å². The number of rotatable bonds is 8. The highest BCUT2D eigenvalue weighted by Gasteiger charge is 2.05. The lowest BCUT2D eigenvalue weighted by Gasteiger charge is -2.16. The van der Waals surface area contributed by atoms with Crippen LogP contribution in [0.25, 0.3) is 0 Å². The van der Waals surface area contributed by atoms with E-state index in [2.05, 4.69) is 22.5 Å². The Balaban J connectivity index is 1.99. The molecule has 0 aliphatic carbocycles. The van der Waals surface area contributed by atoms with E-state index in [9.17, 15) is 15.2 Å². The van der Waals surface area contributed by atoms with E-state index in [-0.39, 0.29) is 18.3 Å². The summed E-state index contributed by atoms with van der Waals surface area (Å²) in [6.45, 7) is 2.17. The molecular weight excluding hydrogens is 308 g/mol. The van der Waals surface area contributed by atoms with E-state index in [0.717, 1.165) is 18.5 Å². The van der Waals surface area contributed by atoms with Crippen molar-refractivity contribution in [3.05, 3.63) is 58.6 Å². The van der Waals surface area contributed by atoms with Crippen molar-refractivity contribution in [1.29, 1.82) is 0 Å². The van der Waals surface area contributed by atoms with Crippen molar-refractivity contribution in [1.82, 2.24) is 0 Å². The van der Waals surface area contributed by atoms with Gasteiger partial charge in [-0.15, -0.1) is 0 Å². The molecule has 0 radical (unpaired) electrons. The Kier molecular flexibility index (Phi) is 6.39. The van der Waals surface area contributed by atoms with Gasteiger partial charge >= 0.3 is 0 Å². The number of aliphatic hydroxyl groups excluding tert-OH is 1. The molecule has 0 amide bonds. The van der Waals surface area contributed by atoms with Crippen LogP contribution in [0.1, 0.15) is 19.8 Å². The lowest BCUT2D eigenvalue weighted by molar-refractivity contribution is -0.384. The van der Waals surface area contributed by atoms with Crippen LogP contribution in [-0.2, 0) is 0 Å². The number of hydrogen-bond donors (Lipinski definition) is 2. The summed E-state index contributed by atoms with van der Waals surface area (Å²) in [6.07, 6.45) is 1.90. The second-order valence-corrected chi connectivity index (χ2v) is 5.33. The molecule has 0 aliphatic heterocycles. The largest absolute Gasteiger partial charge is 0.394 e. The molecule has 0 spiro atoms. The summed E-state index contributed by atoms with van der Waals surface area (Å²) >= 11 is 0. The zero-order valence-electron chi connectivity index (χ0n) is 13.4. The molecule has 0 aromatic heterocycles. The Morgan fingerprint density at radius 1 is 1.08 bits per heavy atom. The SMILES string of the molecule is CCCC(CO)Nc1ccc(/N=N/c2ccc([N+](=O)[O-])cc2)cc1. The van der Waals surface area contributed by atoms with Crippen LogP contribution in [-0.4, -0.2) is 22.7 Å². The van der Waals surface area contributed by atoms with Gasteiger partial charge < -0.3 is 10.4 Å². The van der Waals surface area contributed by atoms with Crippen LogP contribution >= 0.6 is 0 Å². The summed E-state index contributed by atoms with van der Waals surface area (Å²) in [5.41, 5.74) is 2.16. The summed E-state index contributed by atoms with van der Waals surface area (Å²) < 4.78 is 0. The van der Waals surface area contributed by atoms with Crippen LogP contribution in [0.15, 0.2) is 58.8 Å². The molecule has 2 rings (SSSR count). The molecule has 0 aliphatic rings. The van der Waals surface area contributed by atoms with Gasteiger partial charge in [-0.05, 0) is 42.8 Å². The fourth-order valence-electron chi connectivity index (χ4n) is 2.17. The maximum Gasteiger partial charge on any atom is 0.269 e. The topological polar surface area (TPSA) is 100 Å². The molecule has 1 atom stereocenters. The monoisotopic (exact) mass is 328 g/mol. The molecule has 24 heavy (non-hydrogen) atoms. The average Bonchev–Trinajstić information content (AvgIpc) is 2.61. The van der Waals surface area contributed by atoms with Crippen LogP contribution < -0.4 is 5.32 Å². The Bertz CT molecular complexity index is 684. The van der Waals surface area contributed by atoms with Gasteiger partial charge in [-0.1, -0.05) is 13.3 Å². The molecule has 7 heteroatoms. The number of non-ortho nitro benzene ring substituents is 1. The van der Waals surface area contributed by atoms with Crippen molar-refractivity contribution in [2.24, 2.45) is 10.2 Å². The lowest BCUT2D eigenvalue weighted by atomic mass is 10.1. The number of azo groups is 1. The quantitative estimate of drug-likeness (QED) is 0.420. The van der Waals surface area contributed by atoms with Crippen molar-refractivity contribution in [2.75, 3.05) is 11.9 Å². The Morgan fingerprint density at radius 2 is 1.62 bits per heavy atom. The van der Waals surface area contributed by atoms with E-state index >= 15 is 0 Å². The fraction of sp³-hybridized carbons (Fsp3) is 0.294. The summed E-state index contributed by atoms with van der Waals surface area (Å²) in [6, 6.07) is 13.3. The standard InChI is InChI=1S/C17H20N4O3/c1-2-3-16(12-22)18-13-4-6-14(7-5-13)19-20-15-8-10-17(11-9-15)21(23)24/h4-11,16,18,22H,2-3,12H2,1H3/b20-19+. The molecule has 0 heterocycles. The number of anilines is 1. The third-order valence-corrected chi connectivity index (χ3v) is 3.44. The van der Waals surface area contributed by atoms with Crippen LogP contribution in [0.5, 0.6) is 0 Å². The first kappa shape index (κ1) is 17.6. The molecule has 0 fully saturated rings. The smallest absolute Gasteiger partial charge is 0.269 e. The number of nitrogens with zero attached hydrogens (tertiary/aromatic N) is 3. The van der Waals surface area contributed by atoms with Crippen molar-refractivity contribution >= 4 is 22.7 Å². The van der Waals surface area contributed by atoms with Gasteiger partial charge in [0.2, 0.25) is 0 Å². The van der Waals surface area contributed by atoms with E-state index in [0.29, 0.717) is 11.4 Å². The van der Waals surface area contributed by atoms with Crippen molar-refractivity contribution in [3.63, 3.8) is 0 Å². The van der Waals surface area contributed by atoms with Gasteiger partial charge in [0.05, 0.1) is 22.9 Å². The molecule has 2 N–H and O–H groups in total. The minimum absolute atomic E-state index is 0.0231. The van der Waals surface area contributed by atoms with Gasteiger partial charge in [0.15, 0.2) is 0 Å². The third kappa shape index (κ3) is 5.13. The first-order valence-corrected chi connectivity index (χ1v) is 7.76. The number of nitro groups is 1. The first-order valence-electron chi connectivity index (χ1n) is 7.76. The maximum absolute atomic E-state index is 10.6. The van der Waals surface area contributed by atoms with Gasteiger partial charge in [0.1, 0.15) is 0 Å². The van der Waals surface area contributed by atoms with E-state index in [4.69, 9.17) is 0 Å². The van der Waals surface area contributed by atoms with E-state index < -0.39 is 4.92 Å². The summed E-state index contributed by atoms with van der Waals surface area (Å²) in [7, 11) is 0. The third-order valence-electron chi connectivity index (χ3n) is 3.44. The predicted molar refractivity (Wildman–Crippen MR) is 93.1 cm³/mol. The second kappa shape index (κ2) is 8.73. The Labute approximate surface area is 140 Å². The molecule has 2 aromatic carbocycles. The Hall–Kier alpha value is -2.80.